The van der Waals surface area contributed by atoms with Gasteiger partial charge in [0.15, 0.2) is 0 Å². The number of aryl methyl sites for hydroxylation is 2. The van der Waals surface area contributed by atoms with Crippen LogP contribution in [0.2, 0.25) is 0 Å². The van der Waals surface area contributed by atoms with Crippen LogP contribution in [0.25, 0.3) is 0 Å². The number of nitrogens with one attached hydrogen (secondary N) is 1. The minimum absolute atomic E-state index is 0.299. The zero-order chi connectivity index (χ0) is 12.4. The van der Waals surface area contributed by atoms with Crippen molar-refractivity contribution in [2.24, 2.45) is 7.05 Å². The number of thiazole rings is 1. The van der Waals surface area contributed by atoms with E-state index >= 15 is 0 Å². The highest BCUT2D eigenvalue weighted by Crippen LogP contribution is 2.17. The predicted molar refractivity (Wildman–Crippen MR) is 70.1 cm³/mol. The average molecular weight is 250 g/mol. The molecule has 0 aliphatic rings. The van der Waals surface area contributed by atoms with Gasteiger partial charge in [-0.1, -0.05) is 0 Å². The summed E-state index contributed by atoms with van der Waals surface area (Å²) in [4.78, 5) is 4.44. The highest BCUT2D eigenvalue weighted by Gasteiger charge is 2.11. The number of hydrogen-bond donors (Lipinski definition) is 1. The lowest BCUT2D eigenvalue weighted by atomic mass is 10.1. The van der Waals surface area contributed by atoms with Gasteiger partial charge in [-0.3, -0.25) is 4.68 Å². The molecule has 0 aromatic carbocycles. The van der Waals surface area contributed by atoms with Gasteiger partial charge in [-0.15, -0.1) is 11.3 Å². The second kappa shape index (κ2) is 4.98. The second-order valence-electron chi connectivity index (χ2n) is 4.29. The zero-order valence-corrected chi connectivity index (χ0v) is 11.5. The van der Waals surface area contributed by atoms with Crippen LogP contribution in [0.3, 0.4) is 0 Å². The van der Waals surface area contributed by atoms with Crippen molar-refractivity contribution in [2.45, 2.75) is 33.4 Å². The molecule has 0 bridgehead atoms. The van der Waals surface area contributed by atoms with Crippen LogP contribution in [0.5, 0.6) is 0 Å². The maximum Gasteiger partial charge on any atom is 0.107 e. The lowest BCUT2D eigenvalue weighted by Crippen LogP contribution is -2.18. The van der Waals surface area contributed by atoms with E-state index < -0.39 is 0 Å². The molecule has 2 aromatic rings. The Bertz CT molecular complexity index is 500. The van der Waals surface area contributed by atoms with Crippen molar-refractivity contribution in [1.29, 1.82) is 0 Å². The Hall–Kier alpha value is -1.20. The summed E-state index contributed by atoms with van der Waals surface area (Å²) >= 11 is 1.70. The molecule has 2 aromatic heterocycles. The van der Waals surface area contributed by atoms with Gasteiger partial charge in [-0.05, 0) is 20.8 Å². The largest absolute Gasteiger partial charge is 0.304 e. The minimum atomic E-state index is 0.299. The molecule has 2 heterocycles. The van der Waals surface area contributed by atoms with Gasteiger partial charge in [0.25, 0.3) is 0 Å². The van der Waals surface area contributed by atoms with Crippen LogP contribution in [0.1, 0.15) is 34.9 Å². The molecule has 1 atom stereocenters. The molecule has 0 aliphatic carbocycles. The van der Waals surface area contributed by atoms with Gasteiger partial charge in [0.05, 0.1) is 6.20 Å². The topological polar surface area (TPSA) is 42.7 Å². The van der Waals surface area contributed by atoms with Crippen LogP contribution in [-0.2, 0) is 13.6 Å². The molecule has 0 saturated carbocycles. The number of hydrogen-bond acceptors (Lipinski definition) is 4. The highest BCUT2D eigenvalue weighted by atomic mass is 32.1. The van der Waals surface area contributed by atoms with E-state index in [0.29, 0.717) is 6.04 Å². The third-order valence-electron chi connectivity index (χ3n) is 2.97. The molecule has 0 spiro atoms. The summed E-state index contributed by atoms with van der Waals surface area (Å²) in [5.74, 6) is 0. The van der Waals surface area contributed by atoms with E-state index in [-0.39, 0.29) is 0 Å². The normalized spacial score (nSPS) is 12.9. The first kappa shape index (κ1) is 12.3. The monoisotopic (exact) mass is 250 g/mol. The maximum absolute atomic E-state index is 4.44. The molecule has 0 aliphatic heterocycles. The van der Waals surface area contributed by atoms with Crippen LogP contribution < -0.4 is 5.32 Å². The van der Waals surface area contributed by atoms with Crippen molar-refractivity contribution in [2.75, 3.05) is 0 Å². The fourth-order valence-electron chi connectivity index (χ4n) is 1.78. The van der Waals surface area contributed by atoms with Crippen molar-refractivity contribution >= 4 is 11.3 Å². The van der Waals surface area contributed by atoms with Crippen LogP contribution in [-0.4, -0.2) is 14.8 Å². The first-order chi connectivity index (χ1) is 8.08. The molecule has 0 saturated heterocycles. The van der Waals surface area contributed by atoms with E-state index in [9.17, 15) is 0 Å². The molecule has 2 rings (SSSR count). The van der Waals surface area contributed by atoms with Crippen LogP contribution in [0, 0.1) is 13.8 Å². The average Bonchev–Trinajstić information content (AvgIpc) is 2.84. The molecule has 17 heavy (non-hydrogen) atoms. The van der Waals surface area contributed by atoms with Crippen LogP contribution in [0.15, 0.2) is 11.6 Å². The summed E-state index contributed by atoms with van der Waals surface area (Å²) in [5, 5.41) is 11.0. The molecule has 92 valence electrons. The molecule has 4 nitrogen and oxygen atoms in total. The summed E-state index contributed by atoms with van der Waals surface area (Å²) in [7, 11) is 1.97. The maximum atomic E-state index is 4.44. The van der Waals surface area contributed by atoms with Gasteiger partial charge in [-0.25, -0.2) is 4.98 Å². The van der Waals surface area contributed by atoms with Crippen LogP contribution >= 0.6 is 11.3 Å². The first-order valence-electron chi connectivity index (χ1n) is 5.71. The molecule has 0 amide bonds. The quantitative estimate of drug-likeness (QED) is 0.905. The van der Waals surface area contributed by atoms with Gasteiger partial charge in [0.1, 0.15) is 5.01 Å². The molecular weight excluding hydrogens is 232 g/mol. The number of nitrogens with zero attached hydrogens (tertiary/aromatic N) is 3. The Morgan fingerprint density at radius 3 is 2.76 bits per heavy atom. The third kappa shape index (κ3) is 2.73. The van der Waals surface area contributed by atoms with Gasteiger partial charge >= 0.3 is 0 Å². The summed E-state index contributed by atoms with van der Waals surface area (Å²) < 4.78 is 1.90. The van der Waals surface area contributed by atoms with E-state index in [1.54, 1.807) is 11.3 Å². The van der Waals surface area contributed by atoms with Crippen LogP contribution in [0.4, 0.5) is 0 Å². The summed E-state index contributed by atoms with van der Waals surface area (Å²) in [6, 6.07) is 0.299. The molecular formula is C12H18N4S. The summed E-state index contributed by atoms with van der Waals surface area (Å²) in [5.41, 5.74) is 3.55. The number of aromatic nitrogens is 3. The zero-order valence-electron chi connectivity index (χ0n) is 10.7. The highest BCUT2D eigenvalue weighted by molar-refractivity contribution is 7.09. The second-order valence-corrected chi connectivity index (χ2v) is 5.24. The number of rotatable bonds is 4. The molecule has 1 unspecified atom stereocenters. The van der Waals surface area contributed by atoms with Crippen molar-refractivity contribution in [3.05, 3.63) is 33.5 Å². The van der Waals surface area contributed by atoms with E-state index in [1.165, 1.54) is 11.3 Å². The van der Waals surface area contributed by atoms with E-state index in [1.807, 2.05) is 24.9 Å². The fraction of sp³-hybridized carbons (Fsp3) is 0.500. The van der Waals surface area contributed by atoms with Crippen molar-refractivity contribution in [3.8, 4) is 0 Å². The Balaban J connectivity index is 1.98. The predicted octanol–water partition coefficient (Wildman–Crippen LogP) is 2.34. The molecule has 0 fully saturated rings. The summed E-state index contributed by atoms with van der Waals surface area (Å²) in [6.45, 7) is 7.08. The Morgan fingerprint density at radius 1 is 1.47 bits per heavy atom. The smallest absolute Gasteiger partial charge is 0.107 e. The SMILES string of the molecule is Cc1csc(CNC(C)c2cnn(C)c2C)n1. The fourth-order valence-corrected chi connectivity index (χ4v) is 2.50. The minimum Gasteiger partial charge on any atom is -0.304 e. The van der Waals surface area contributed by atoms with Gasteiger partial charge in [0, 0.05) is 42.0 Å². The standard InChI is InChI=1S/C12H18N4S/c1-8-7-17-12(15-8)6-13-9(2)11-5-14-16(4)10(11)3/h5,7,9,13H,6H2,1-4H3. The first-order valence-corrected chi connectivity index (χ1v) is 6.58. The van der Waals surface area contributed by atoms with Crippen molar-refractivity contribution in [3.63, 3.8) is 0 Å². The van der Waals surface area contributed by atoms with Crippen molar-refractivity contribution in [1.82, 2.24) is 20.1 Å². The molecule has 0 radical (unpaired) electrons. The van der Waals surface area contributed by atoms with Crippen molar-refractivity contribution < 1.29 is 0 Å². The van der Waals surface area contributed by atoms with Gasteiger partial charge < -0.3 is 5.32 Å². The Kier molecular flexibility index (Phi) is 3.59. The Morgan fingerprint density at radius 2 is 2.24 bits per heavy atom. The Labute approximate surface area is 106 Å². The molecule has 1 N–H and O–H groups in total. The van der Waals surface area contributed by atoms with Gasteiger partial charge in [-0.2, -0.15) is 5.10 Å². The lowest BCUT2D eigenvalue weighted by Gasteiger charge is -2.12. The molecule has 5 heteroatoms. The van der Waals surface area contributed by atoms with Gasteiger partial charge in [0.2, 0.25) is 0 Å². The summed E-state index contributed by atoms with van der Waals surface area (Å²) in [6.07, 6.45) is 1.93. The van der Waals surface area contributed by atoms with E-state index in [4.69, 9.17) is 0 Å². The van der Waals surface area contributed by atoms with E-state index in [0.717, 1.165) is 17.2 Å². The lowest BCUT2D eigenvalue weighted by molar-refractivity contribution is 0.569. The third-order valence-corrected chi connectivity index (χ3v) is 3.93. The van der Waals surface area contributed by atoms with E-state index in [2.05, 4.69) is 34.6 Å².